The Morgan fingerprint density at radius 1 is 1.28 bits per heavy atom. The van der Waals surface area contributed by atoms with Gasteiger partial charge in [0.1, 0.15) is 17.7 Å². The maximum absolute atomic E-state index is 9.53. The van der Waals surface area contributed by atoms with Crippen LogP contribution < -0.4 is 9.47 Å². The van der Waals surface area contributed by atoms with Gasteiger partial charge >= 0.3 is 0 Å². The minimum Gasteiger partial charge on any atom is -0.493 e. The summed E-state index contributed by atoms with van der Waals surface area (Å²) in [5.74, 6) is 3.54. The number of methoxy groups -OCH3 is 1. The van der Waals surface area contributed by atoms with E-state index in [0.29, 0.717) is 22.1 Å². The fourth-order valence-electron chi connectivity index (χ4n) is 2.31. The van der Waals surface area contributed by atoms with E-state index in [2.05, 4.69) is 17.0 Å². The average molecular weight is 346 g/mol. The fourth-order valence-corrected chi connectivity index (χ4v) is 3.24. The standard InChI is InChI=1S/C20H14N2O2S/c1-3-10-24-17-9-8-14(12-18(17)23-2)11-15(13-21)20-22-16-6-4-5-7-19(16)25-20/h1,4-9,11-12H,10H2,2H3/b15-11+. The molecule has 0 aliphatic rings. The van der Waals surface area contributed by atoms with Gasteiger partial charge in [-0.2, -0.15) is 5.26 Å². The van der Waals surface area contributed by atoms with E-state index in [4.69, 9.17) is 15.9 Å². The quantitative estimate of drug-likeness (QED) is 0.508. The van der Waals surface area contributed by atoms with Gasteiger partial charge in [0, 0.05) is 0 Å². The van der Waals surface area contributed by atoms with Crippen molar-refractivity contribution in [1.82, 2.24) is 4.98 Å². The maximum atomic E-state index is 9.53. The Kier molecular flexibility index (Phi) is 4.99. The number of nitriles is 1. The van der Waals surface area contributed by atoms with Crippen LogP contribution in [0.5, 0.6) is 11.5 Å². The predicted molar refractivity (Wildman–Crippen MR) is 100 cm³/mol. The van der Waals surface area contributed by atoms with Crippen LogP contribution in [0.1, 0.15) is 10.6 Å². The van der Waals surface area contributed by atoms with E-state index < -0.39 is 0 Å². The summed E-state index contributed by atoms with van der Waals surface area (Å²) < 4.78 is 11.8. The van der Waals surface area contributed by atoms with E-state index in [1.54, 1.807) is 25.3 Å². The molecule has 0 aliphatic heterocycles. The second-order valence-electron chi connectivity index (χ2n) is 5.06. The first-order valence-electron chi connectivity index (χ1n) is 7.47. The van der Waals surface area contributed by atoms with E-state index in [9.17, 15) is 5.26 Å². The van der Waals surface area contributed by atoms with Crippen LogP contribution in [0.4, 0.5) is 0 Å². The van der Waals surface area contributed by atoms with Crippen molar-refractivity contribution in [2.24, 2.45) is 0 Å². The minimum atomic E-state index is 0.167. The van der Waals surface area contributed by atoms with Crippen molar-refractivity contribution in [2.75, 3.05) is 13.7 Å². The molecule has 3 aromatic rings. The molecule has 122 valence electrons. The zero-order valence-electron chi connectivity index (χ0n) is 13.5. The number of allylic oxidation sites excluding steroid dienone is 1. The number of aromatic nitrogens is 1. The highest BCUT2D eigenvalue weighted by molar-refractivity contribution is 7.19. The number of thiazole rings is 1. The van der Waals surface area contributed by atoms with Gasteiger partial charge in [0.2, 0.25) is 0 Å². The molecular weight excluding hydrogens is 332 g/mol. The molecule has 5 heteroatoms. The van der Waals surface area contributed by atoms with Crippen LogP contribution in [0.25, 0.3) is 21.9 Å². The lowest BCUT2D eigenvalue weighted by Gasteiger charge is -2.09. The number of terminal acetylenes is 1. The van der Waals surface area contributed by atoms with E-state index in [0.717, 1.165) is 15.8 Å². The first kappa shape index (κ1) is 16.6. The Morgan fingerprint density at radius 2 is 2.12 bits per heavy atom. The number of hydrogen-bond acceptors (Lipinski definition) is 5. The molecule has 0 fully saturated rings. The average Bonchev–Trinajstić information content (AvgIpc) is 3.08. The molecule has 0 N–H and O–H groups in total. The first-order chi connectivity index (χ1) is 12.2. The molecule has 0 aliphatic carbocycles. The monoisotopic (exact) mass is 346 g/mol. The third-order valence-corrected chi connectivity index (χ3v) is 4.52. The number of benzene rings is 2. The molecule has 1 heterocycles. The SMILES string of the molecule is C#CCOc1ccc(/C=C(\C#N)c2nc3ccccc3s2)cc1OC. The van der Waals surface area contributed by atoms with Gasteiger partial charge in [-0.3, -0.25) is 0 Å². The van der Waals surface area contributed by atoms with Crippen LogP contribution in [0.3, 0.4) is 0 Å². The van der Waals surface area contributed by atoms with Crippen molar-refractivity contribution in [2.45, 2.75) is 0 Å². The molecule has 0 bridgehead atoms. The Hall–Kier alpha value is -3.28. The Balaban J connectivity index is 1.97. The largest absolute Gasteiger partial charge is 0.493 e. The number of ether oxygens (including phenoxy) is 2. The Bertz CT molecular complexity index is 989. The Labute approximate surface area is 150 Å². The molecule has 4 nitrogen and oxygen atoms in total. The number of hydrogen-bond donors (Lipinski definition) is 0. The molecular formula is C20H14N2O2S. The lowest BCUT2D eigenvalue weighted by Crippen LogP contribution is -1.96. The van der Waals surface area contributed by atoms with E-state index in [-0.39, 0.29) is 6.61 Å². The summed E-state index contributed by atoms with van der Waals surface area (Å²) in [5.41, 5.74) is 2.21. The van der Waals surface area contributed by atoms with Crippen molar-refractivity contribution in [3.63, 3.8) is 0 Å². The van der Waals surface area contributed by atoms with Crippen LogP contribution in [-0.2, 0) is 0 Å². The summed E-state index contributed by atoms with van der Waals surface area (Å²) >= 11 is 1.49. The number of rotatable bonds is 5. The molecule has 3 rings (SSSR count). The van der Waals surface area contributed by atoms with Gasteiger partial charge in [0.25, 0.3) is 0 Å². The maximum Gasteiger partial charge on any atom is 0.162 e. The van der Waals surface area contributed by atoms with E-state index in [1.807, 2.05) is 30.3 Å². The van der Waals surface area contributed by atoms with Gasteiger partial charge < -0.3 is 9.47 Å². The lowest BCUT2D eigenvalue weighted by molar-refractivity contribution is 0.331. The van der Waals surface area contributed by atoms with Gasteiger partial charge in [-0.1, -0.05) is 24.1 Å². The molecule has 0 amide bonds. The molecule has 1 aromatic heterocycles. The zero-order chi connectivity index (χ0) is 17.6. The number of para-hydroxylation sites is 1. The highest BCUT2D eigenvalue weighted by Crippen LogP contribution is 2.31. The number of fused-ring (bicyclic) bond motifs is 1. The lowest BCUT2D eigenvalue weighted by atomic mass is 10.1. The third kappa shape index (κ3) is 3.63. The summed E-state index contributed by atoms with van der Waals surface area (Å²) in [4.78, 5) is 4.53. The smallest absolute Gasteiger partial charge is 0.162 e. The van der Waals surface area contributed by atoms with E-state index in [1.165, 1.54) is 11.3 Å². The van der Waals surface area contributed by atoms with Crippen LogP contribution in [0.2, 0.25) is 0 Å². The van der Waals surface area contributed by atoms with Crippen molar-refractivity contribution < 1.29 is 9.47 Å². The molecule has 0 atom stereocenters. The van der Waals surface area contributed by atoms with Crippen LogP contribution >= 0.6 is 11.3 Å². The molecule has 2 aromatic carbocycles. The van der Waals surface area contributed by atoms with Crippen LogP contribution in [0, 0.1) is 23.7 Å². The van der Waals surface area contributed by atoms with Gasteiger partial charge in [-0.15, -0.1) is 17.8 Å². The molecule has 0 saturated heterocycles. The fraction of sp³-hybridized carbons (Fsp3) is 0.100. The summed E-state index contributed by atoms with van der Waals surface area (Å²) in [7, 11) is 1.56. The van der Waals surface area contributed by atoms with Crippen LogP contribution in [-0.4, -0.2) is 18.7 Å². The molecule has 0 radical (unpaired) electrons. The topological polar surface area (TPSA) is 55.1 Å². The van der Waals surface area contributed by atoms with Gasteiger partial charge in [-0.25, -0.2) is 4.98 Å². The summed E-state index contributed by atoms with van der Waals surface area (Å²) in [6, 6.07) is 15.5. The molecule has 0 unspecified atom stereocenters. The molecule has 0 spiro atoms. The highest BCUT2D eigenvalue weighted by Gasteiger charge is 2.10. The first-order valence-corrected chi connectivity index (χ1v) is 8.29. The molecule has 0 saturated carbocycles. The second kappa shape index (κ2) is 7.53. The van der Waals surface area contributed by atoms with Crippen LogP contribution in [0.15, 0.2) is 42.5 Å². The highest BCUT2D eigenvalue weighted by atomic mass is 32.1. The van der Waals surface area contributed by atoms with Crippen molar-refractivity contribution in [1.29, 1.82) is 5.26 Å². The second-order valence-corrected chi connectivity index (χ2v) is 6.09. The van der Waals surface area contributed by atoms with Gasteiger partial charge in [0.15, 0.2) is 11.5 Å². The van der Waals surface area contributed by atoms with Crippen molar-refractivity contribution in [3.05, 3.63) is 53.0 Å². The zero-order valence-corrected chi connectivity index (χ0v) is 14.3. The predicted octanol–water partition coefficient (Wildman–Crippen LogP) is 4.38. The Morgan fingerprint density at radius 3 is 2.84 bits per heavy atom. The summed E-state index contributed by atoms with van der Waals surface area (Å²) in [6.07, 6.45) is 6.99. The van der Waals surface area contributed by atoms with Gasteiger partial charge in [-0.05, 0) is 35.9 Å². The summed E-state index contributed by atoms with van der Waals surface area (Å²) in [5, 5.41) is 10.2. The minimum absolute atomic E-state index is 0.167. The van der Waals surface area contributed by atoms with Crippen molar-refractivity contribution in [3.8, 4) is 29.9 Å². The van der Waals surface area contributed by atoms with E-state index >= 15 is 0 Å². The third-order valence-electron chi connectivity index (χ3n) is 3.45. The van der Waals surface area contributed by atoms with Gasteiger partial charge in [0.05, 0.1) is 22.9 Å². The van der Waals surface area contributed by atoms with Crippen molar-refractivity contribution >= 4 is 33.2 Å². The number of nitrogens with zero attached hydrogens (tertiary/aromatic N) is 2. The summed E-state index contributed by atoms with van der Waals surface area (Å²) in [6.45, 7) is 0.167. The molecule has 25 heavy (non-hydrogen) atoms. The normalized spacial score (nSPS) is 10.9.